The Hall–Kier alpha value is -2.64. The molecule has 0 unspecified atom stereocenters. The highest BCUT2D eigenvalue weighted by Gasteiger charge is 2.50. The summed E-state index contributed by atoms with van der Waals surface area (Å²) in [4.78, 5) is 32.7. The number of non-ortho nitro benzene ring substituents is 1. The lowest BCUT2D eigenvalue weighted by Crippen LogP contribution is -2.34. The first kappa shape index (κ1) is 16.7. The Labute approximate surface area is 133 Å². The summed E-state index contributed by atoms with van der Waals surface area (Å²) in [5.41, 5.74) is 0.0355. The molecule has 0 aromatic heterocycles. The van der Waals surface area contributed by atoms with Crippen molar-refractivity contribution in [2.45, 2.75) is 25.7 Å². The van der Waals surface area contributed by atoms with Crippen molar-refractivity contribution in [3.8, 4) is 0 Å². The van der Waals surface area contributed by atoms with Gasteiger partial charge in [-0.3, -0.25) is 19.7 Å². The van der Waals surface area contributed by atoms with Crippen LogP contribution >= 0.6 is 0 Å². The second-order valence-electron chi connectivity index (χ2n) is 5.70. The summed E-state index contributed by atoms with van der Waals surface area (Å²) >= 11 is 0. The van der Waals surface area contributed by atoms with Crippen molar-refractivity contribution in [3.63, 3.8) is 0 Å². The summed E-state index contributed by atoms with van der Waals surface area (Å²) in [5.74, 6) is -1.01. The first-order chi connectivity index (χ1) is 10.9. The van der Waals surface area contributed by atoms with E-state index in [-0.39, 0.29) is 18.1 Å². The minimum atomic E-state index is -0.849. The van der Waals surface area contributed by atoms with Crippen molar-refractivity contribution in [2.24, 2.45) is 5.41 Å². The van der Waals surface area contributed by atoms with Crippen molar-refractivity contribution in [1.82, 2.24) is 5.32 Å². The fourth-order valence-corrected chi connectivity index (χ4v) is 2.16. The summed E-state index contributed by atoms with van der Waals surface area (Å²) in [6, 6.07) is 6.05. The molecule has 8 heteroatoms. The molecular weight excluding hydrogens is 302 g/mol. The number of hydrogen-bond acceptors (Lipinski definition) is 5. The van der Waals surface area contributed by atoms with Crippen LogP contribution < -0.4 is 10.6 Å². The van der Waals surface area contributed by atoms with Crippen LogP contribution in [0.25, 0.3) is 0 Å². The lowest BCUT2D eigenvalue weighted by molar-refractivity contribution is -0.384. The number of amides is 1. The molecule has 1 saturated carbocycles. The molecule has 0 atom stereocenters. The van der Waals surface area contributed by atoms with E-state index in [1.165, 1.54) is 12.1 Å². The smallest absolute Gasteiger partial charge is 0.311 e. The van der Waals surface area contributed by atoms with E-state index < -0.39 is 16.3 Å². The van der Waals surface area contributed by atoms with Crippen LogP contribution in [-0.4, -0.2) is 35.0 Å². The maximum atomic E-state index is 11.7. The van der Waals surface area contributed by atoms with Crippen LogP contribution in [0.4, 0.5) is 11.4 Å². The normalized spacial score (nSPS) is 14.8. The Morgan fingerprint density at radius 3 is 2.43 bits per heavy atom. The first-order valence-electron chi connectivity index (χ1n) is 7.41. The van der Waals surface area contributed by atoms with Gasteiger partial charge >= 0.3 is 5.97 Å². The van der Waals surface area contributed by atoms with Crippen LogP contribution in [0, 0.1) is 15.5 Å². The lowest BCUT2D eigenvalue weighted by Gasteiger charge is -2.11. The van der Waals surface area contributed by atoms with Crippen LogP contribution in [0.1, 0.15) is 25.7 Å². The van der Waals surface area contributed by atoms with Crippen molar-refractivity contribution < 1.29 is 19.6 Å². The molecule has 1 aromatic carbocycles. The van der Waals surface area contributed by atoms with Gasteiger partial charge in [0.25, 0.3) is 5.69 Å². The number of carbonyl (C=O) groups is 2. The second kappa shape index (κ2) is 7.08. The number of anilines is 1. The maximum absolute atomic E-state index is 11.7. The fourth-order valence-electron chi connectivity index (χ4n) is 2.16. The standard InChI is InChI=1S/C15H19N3O5/c19-13(17-10-15(7-8-15)14(20)21)2-1-9-16-11-3-5-12(6-4-11)18(22)23/h3-6,16H,1-2,7-10H2,(H,17,19)(H,20,21). The quantitative estimate of drug-likeness (QED) is 0.362. The van der Waals surface area contributed by atoms with Gasteiger partial charge in [-0.05, 0) is 31.4 Å². The number of hydrogen-bond donors (Lipinski definition) is 3. The molecule has 8 nitrogen and oxygen atoms in total. The number of carbonyl (C=O) groups excluding carboxylic acids is 1. The van der Waals surface area contributed by atoms with Crippen molar-refractivity contribution in [2.75, 3.05) is 18.4 Å². The number of nitro groups is 1. The second-order valence-corrected chi connectivity index (χ2v) is 5.70. The third kappa shape index (κ3) is 4.67. The molecule has 0 spiro atoms. The number of rotatable bonds is 9. The van der Waals surface area contributed by atoms with E-state index in [2.05, 4.69) is 10.6 Å². The van der Waals surface area contributed by atoms with Gasteiger partial charge in [0.2, 0.25) is 5.91 Å². The SMILES string of the molecule is O=C(CCCNc1ccc([N+](=O)[O-])cc1)NCC1(C(=O)O)CC1. The number of nitrogens with zero attached hydrogens (tertiary/aromatic N) is 1. The molecular formula is C15H19N3O5. The highest BCUT2D eigenvalue weighted by Crippen LogP contribution is 2.45. The number of nitro benzene ring substituents is 1. The van der Waals surface area contributed by atoms with Gasteiger partial charge in [-0.1, -0.05) is 0 Å². The summed E-state index contributed by atoms with van der Waals surface area (Å²) in [7, 11) is 0. The summed E-state index contributed by atoms with van der Waals surface area (Å²) in [5, 5.41) is 25.3. The van der Waals surface area contributed by atoms with Gasteiger partial charge in [0, 0.05) is 37.3 Å². The van der Waals surface area contributed by atoms with Gasteiger partial charge in [-0.25, -0.2) is 0 Å². The minimum Gasteiger partial charge on any atom is -0.481 e. The molecule has 1 aliphatic carbocycles. The molecule has 0 heterocycles. The lowest BCUT2D eigenvalue weighted by atomic mass is 10.1. The molecule has 1 fully saturated rings. The Morgan fingerprint density at radius 2 is 1.91 bits per heavy atom. The molecule has 2 rings (SSSR count). The zero-order valence-corrected chi connectivity index (χ0v) is 12.6. The molecule has 0 radical (unpaired) electrons. The monoisotopic (exact) mass is 321 g/mol. The van der Waals surface area contributed by atoms with E-state index >= 15 is 0 Å². The number of carboxylic acid groups (broad SMARTS) is 1. The van der Waals surface area contributed by atoms with E-state index in [9.17, 15) is 19.7 Å². The average molecular weight is 321 g/mol. The molecule has 3 N–H and O–H groups in total. The van der Waals surface area contributed by atoms with Crippen molar-refractivity contribution in [3.05, 3.63) is 34.4 Å². The van der Waals surface area contributed by atoms with E-state index in [1.54, 1.807) is 12.1 Å². The Bertz CT molecular complexity index is 596. The van der Waals surface area contributed by atoms with E-state index in [0.29, 0.717) is 32.2 Å². The Balaban J connectivity index is 1.62. The van der Waals surface area contributed by atoms with Crippen LogP contribution in [0.3, 0.4) is 0 Å². The maximum Gasteiger partial charge on any atom is 0.311 e. The van der Waals surface area contributed by atoms with Crippen molar-refractivity contribution in [1.29, 1.82) is 0 Å². The van der Waals surface area contributed by atoms with Crippen molar-refractivity contribution >= 4 is 23.3 Å². The highest BCUT2D eigenvalue weighted by atomic mass is 16.6. The van der Waals surface area contributed by atoms with Gasteiger partial charge in [0.05, 0.1) is 10.3 Å². The zero-order valence-electron chi connectivity index (χ0n) is 12.6. The van der Waals surface area contributed by atoms with Gasteiger partial charge in [0.1, 0.15) is 0 Å². The zero-order chi connectivity index (χ0) is 16.9. The average Bonchev–Trinajstić information content (AvgIpc) is 3.31. The summed E-state index contributed by atoms with van der Waals surface area (Å²) in [6.45, 7) is 0.742. The number of aliphatic carboxylic acids is 1. The van der Waals surface area contributed by atoms with E-state index in [4.69, 9.17) is 5.11 Å². The van der Waals surface area contributed by atoms with Crippen LogP contribution in [-0.2, 0) is 9.59 Å². The molecule has 0 aliphatic heterocycles. The van der Waals surface area contributed by atoms with Crippen LogP contribution in [0.2, 0.25) is 0 Å². The number of benzene rings is 1. The first-order valence-corrected chi connectivity index (χ1v) is 7.41. The largest absolute Gasteiger partial charge is 0.481 e. The summed E-state index contributed by atoms with van der Waals surface area (Å²) in [6.07, 6.45) is 2.12. The topological polar surface area (TPSA) is 122 Å². The molecule has 0 saturated heterocycles. The molecule has 1 amide bonds. The Morgan fingerprint density at radius 1 is 1.26 bits per heavy atom. The van der Waals surface area contributed by atoms with Gasteiger partial charge in [-0.15, -0.1) is 0 Å². The molecule has 124 valence electrons. The fraction of sp³-hybridized carbons (Fsp3) is 0.467. The van der Waals surface area contributed by atoms with Gasteiger partial charge in [0.15, 0.2) is 0 Å². The predicted molar refractivity (Wildman–Crippen MR) is 83.1 cm³/mol. The highest BCUT2D eigenvalue weighted by molar-refractivity contribution is 5.80. The van der Waals surface area contributed by atoms with E-state index in [1.807, 2.05) is 0 Å². The number of nitrogens with one attached hydrogen (secondary N) is 2. The van der Waals surface area contributed by atoms with Gasteiger partial charge < -0.3 is 15.7 Å². The van der Waals surface area contributed by atoms with Crippen LogP contribution in [0.5, 0.6) is 0 Å². The predicted octanol–water partition coefficient (Wildman–Crippen LogP) is 1.77. The molecule has 1 aromatic rings. The van der Waals surface area contributed by atoms with Crippen LogP contribution in [0.15, 0.2) is 24.3 Å². The minimum absolute atomic E-state index is 0.0300. The summed E-state index contributed by atoms with van der Waals surface area (Å²) < 4.78 is 0. The third-order valence-corrected chi connectivity index (χ3v) is 3.92. The third-order valence-electron chi connectivity index (χ3n) is 3.92. The van der Waals surface area contributed by atoms with Gasteiger partial charge in [-0.2, -0.15) is 0 Å². The molecule has 23 heavy (non-hydrogen) atoms. The number of carboxylic acids is 1. The molecule has 0 bridgehead atoms. The Kier molecular flexibility index (Phi) is 5.15. The van der Waals surface area contributed by atoms with E-state index in [0.717, 1.165) is 5.69 Å². The molecule has 1 aliphatic rings.